The van der Waals surface area contributed by atoms with Gasteiger partial charge < -0.3 is 18.9 Å². The van der Waals surface area contributed by atoms with Gasteiger partial charge in [-0.3, -0.25) is 0 Å². The summed E-state index contributed by atoms with van der Waals surface area (Å²) in [6, 6.07) is 24.5. The molecule has 0 aliphatic rings. The Hall–Kier alpha value is -5.36. The Balaban J connectivity index is 1.25. The van der Waals surface area contributed by atoms with Crippen molar-refractivity contribution in [1.82, 2.24) is 24.3 Å². The van der Waals surface area contributed by atoms with E-state index in [0.717, 1.165) is 5.56 Å². The minimum Gasteiger partial charge on any atom is -0.496 e. The maximum absolute atomic E-state index is 13.6. The number of methoxy groups -OCH3 is 1. The number of aromatic nitrogens is 5. The number of para-hydroxylation sites is 2. The van der Waals surface area contributed by atoms with Crippen LogP contribution in [-0.4, -0.2) is 50.1 Å². The normalized spacial score (nSPS) is 11.7. The van der Waals surface area contributed by atoms with Crippen LogP contribution in [0.15, 0.2) is 102 Å². The van der Waals surface area contributed by atoms with E-state index < -0.39 is 12.1 Å². The number of esters is 1. The van der Waals surface area contributed by atoms with Crippen LogP contribution in [0.3, 0.4) is 0 Å². The fourth-order valence-corrected chi connectivity index (χ4v) is 5.60. The Bertz CT molecular complexity index is 2020. The van der Waals surface area contributed by atoms with Gasteiger partial charge in [-0.05, 0) is 76.9 Å². The molecular formula is C35H29BrFN5O5. The van der Waals surface area contributed by atoms with Crippen molar-refractivity contribution >= 4 is 27.5 Å². The molecule has 1 atom stereocenters. The minimum absolute atomic E-state index is 0.122. The second-order valence-electron chi connectivity index (χ2n) is 10.2. The van der Waals surface area contributed by atoms with Crippen molar-refractivity contribution < 1.29 is 28.1 Å². The summed E-state index contributed by atoms with van der Waals surface area (Å²) in [6.45, 7) is 2.05. The number of halogens is 2. The highest BCUT2D eigenvalue weighted by Gasteiger charge is 2.27. The van der Waals surface area contributed by atoms with Gasteiger partial charge in [0.25, 0.3) is 0 Å². The summed E-state index contributed by atoms with van der Waals surface area (Å²) >= 11 is 3.60. The summed E-state index contributed by atoms with van der Waals surface area (Å²) in [7, 11) is 1.60. The van der Waals surface area contributed by atoms with Crippen molar-refractivity contribution in [2.24, 2.45) is 0 Å². The summed E-state index contributed by atoms with van der Waals surface area (Å²) in [5.74, 6) is 0.823. The fraction of sp³-hybridized carbons (Fsp3) is 0.171. The minimum atomic E-state index is -1.07. The van der Waals surface area contributed by atoms with Gasteiger partial charge in [0.05, 0.1) is 25.0 Å². The Morgan fingerprint density at radius 2 is 1.66 bits per heavy atom. The third kappa shape index (κ3) is 7.07. The summed E-state index contributed by atoms with van der Waals surface area (Å²) in [4.78, 5) is 31.4. The van der Waals surface area contributed by atoms with Crippen LogP contribution in [0.25, 0.3) is 28.3 Å². The first-order valence-corrected chi connectivity index (χ1v) is 15.5. The number of nitrogens with zero attached hydrogens (tertiary/aromatic N) is 5. The fourth-order valence-electron chi connectivity index (χ4n) is 4.95. The summed E-state index contributed by atoms with van der Waals surface area (Å²) in [5.41, 5.74) is 3.92. The molecule has 0 saturated heterocycles. The van der Waals surface area contributed by atoms with Crippen molar-refractivity contribution in [3.05, 3.63) is 119 Å². The molecule has 0 unspecified atom stereocenters. The molecule has 6 rings (SSSR count). The molecule has 3 heterocycles. The number of rotatable bonds is 12. The van der Waals surface area contributed by atoms with Crippen molar-refractivity contribution in [3.63, 3.8) is 0 Å². The van der Waals surface area contributed by atoms with E-state index in [0.29, 0.717) is 50.1 Å². The third-order valence-electron chi connectivity index (χ3n) is 7.18. The summed E-state index contributed by atoms with van der Waals surface area (Å²) < 4.78 is 39.1. The quantitative estimate of drug-likeness (QED) is 0.126. The zero-order valence-corrected chi connectivity index (χ0v) is 27.1. The molecule has 47 heavy (non-hydrogen) atoms. The van der Waals surface area contributed by atoms with Gasteiger partial charge in [-0.25, -0.2) is 33.5 Å². The molecule has 0 radical (unpaired) electrons. The zero-order chi connectivity index (χ0) is 32.8. The van der Waals surface area contributed by atoms with Crippen LogP contribution < -0.4 is 14.2 Å². The number of fused-ring (bicyclic) bond motifs is 1. The van der Waals surface area contributed by atoms with Crippen LogP contribution in [0.5, 0.6) is 17.5 Å². The van der Waals surface area contributed by atoms with E-state index in [-0.39, 0.29) is 31.5 Å². The number of hydrogen-bond acceptors (Lipinski definition) is 9. The predicted octanol–water partition coefficient (Wildman–Crippen LogP) is 6.90. The molecule has 0 spiro atoms. The van der Waals surface area contributed by atoms with E-state index >= 15 is 0 Å². The summed E-state index contributed by atoms with van der Waals surface area (Å²) in [5, 5.41) is 0. The molecule has 6 aromatic rings. The van der Waals surface area contributed by atoms with Crippen LogP contribution in [-0.2, 0) is 22.6 Å². The molecule has 0 fully saturated rings. The lowest BCUT2D eigenvalue weighted by Crippen LogP contribution is -2.32. The zero-order valence-electron chi connectivity index (χ0n) is 25.5. The predicted molar refractivity (Wildman–Crippen MR) is 176 cm³/mol. The van der Waals surface area contributed by atoms with Crippen LogP contribution in [0.1, 0.15) is 18.2 Å². The van der Waals surface area contributed by atoms with Gasteiger partial charge in [-0.2, -0.15) is 0 Å². The van der Waals surface area contributed by atoms with Crippen molar-refractivity contribution in [3.8, 4) is 40.2 Å². The molecule has 0 aliphatic carbocycles. The standard InChI is InChI=1S/C35H29BrFN5O5/c1-3-45-34(43)29(47-35-39-19-17-30-41-31(32(36)42(30)35)22-12-14-24(37)15-13-22)20-23-8-4-6-10-27(23)46-21-25-16-18-38-33(40-25)26-9-5-7-11-28(26)44-2/h4-19,29H,3,20-21H2,1-2H3/t29-/m1/s1. The number of hydrogen-bond donors (Lipinski definition) is 0. The first kappa shape index (κ1) is 31.6. The molecule has 12 heteroatoms. The highest BCUT2D eigenvalue weighted by molar-refractivity contribution is 9.10. The molecule has 3 aromatic carbocycles. The van der Waals surface area contributed by atoms with Gasteiger partial charge >= 0.3 is 12.0 Å². The lowest BCUT2D eigenvalue weighted by molar-refractivity contribution is -0.151. The molecule has 0 aliphatic heterocycles. The van der Waals surface area contributed by atoms with Gasteiger partial charge in [0.15, 0.2) is 5.82 Å². The SMILES string of the molecule is CCOC(=O)[C@@H](Cc1ccccc1OCc1ccnc(-c2ccccc2OC)n1)Oc1nccc2nc(-c3ccc(F)cc3)c(Br)n12. The van der Waals surface area contributed by atoms with Crippen molar-refractivity contribution in [2.75, 3.05) is 13.7 Å². The maximum atomic E-state index is 13.6. The number of ether oxygens (including phenoxy) is 4. The lowest BCUT2D eigenvalue weighted by atomic mass is 10.1. The monoisotopic (exact) mass is 697 g/mol. The molecule has 0 amide bonds. The van der Waals surface area contributed by atoms with E-state index in [4.69, 9.17) is 18.9 Å². The van der Waals surface area contributed by atoms with E-state index in [1.54, 1.807) is 55.1 Å². The van der Waals surface area contributed by atoms with Crippen LogP contribution >= 0.6 is 15.9 Å². The van der Waals surface area contributed by atoms with Crippen molar-refractivity contribution in [1.29, 1.82) is 0 Å². The first-order valence-electron chi connectivity index (χ1n) is 14.7. The number of imidazole rings is 1. The number of carbonyl (C=O) groups is 1. The average Bonchev–Trinajstić information content (AvgIpc) is 3.44. The largest absolute Gasteiger partial charge is 0.496 e. The van der Waals surface area contributed by atoms with E-state index in [9.17, 15) is 9.18 Å². The van der Waals surface area contributed by atoms with Gasteiger partial charge in [-0.1, -0.05) is 30.3 Å². The van der Waals surface area contributed by atoms with E-state index in [1.165, 1.54) is 12.1 Å². The topological polar surface area (TPSA) is 110 Å². The van der Waals surface area contributed by atoms with Gasteiger partial charge in [0.2, 0.25) is 6.10 Å². The molecule has 238 valence electrons. The lowest BCUT2D eigenvalue weighted by Gasteiger charge is -2.19. The Morgan fingerprint density at radius 3 is 2.45 bits per heavy atom. The van der Waals surface area contributed by atoms with E-state index in [2.05, 4.69) is 35.9 Å². The molecule has 0 saturated carbocycles. The van der Waals surface area contributed by atoms with Crippen LogP contribution in [0, 0.1) is 5.82 Å². The molecule has 0 bridgehead atoms. The molecular weight excluding hydrogens is 669 g/mol. The Kier molecular flexibility index (Phi) is 9.67. The summed E-state index contributed by atoms with van der Waals surface area (Å²) in [6.07, 6.45) is 2.27. The maximum Gasteiger partial charge on any atom is 0.347 e. The highest BCUT2D eigenvalue weighted by Crippen LogP contribution is 2.32. The van der Waals surface area contributed by atoms with E-state index in [1.807, 2.05) is 48.5 Å². The van der Waals surface area contributed by atoms with Gasteiger partial charge in [0.1, 0.15) is 39.9 Å². The number of benzene rings is 3. The second kappa shape index (κ2) is 14.4. The molecule has 3 aromatic heterocycles. The van der Waals surface area contributed by atoms with Crippen molar-refractivity contribution in [2.45, 2.75) is 26.1 Å². The second-order valence-corrected chi connectivity index (χ2v) is 11.0. The highest BCUT2D eigenvalue weighted by atomic mass is 79.9. The van der Waals surface area contributed by atoms with Crippen LogP contribution in [0.2, 0.25) is 0 Å². The van der Waals surface area contributed by atoms with Crippen LogP contribution in [0.4, 0.5) is 4.39 Å². The Morgan fingerprint density at radius 1 is 0.915 bits per heavy atom. The molecule has 0 N–H and O–H groups in total. The third-order valence-corrected chi connectivity index (χ3v) is 7.91. The smallest absolute Gasteiger partial charge is 0.347 e. The number of carbonyl (C=O) groups excluding carboxylic acids is 1. The van der Waals surface area contributed by atoms with Gasteiger partial charge in [-0.15, -0.1) is 0 Å². The average molecular weight is 699 g/mol. The first-order chi connectivity index (χ1) is 22.9. The molecule has 10 nitrogen and oxygen atoms in total. The Labute approximate surface area is 278 Å². The van der Waals surface area contributed by atoms with Gasteiger partial charge in [0, 0.05) is 30.4 Å².